The minimum absolute atomic E-state index is 0.0224. The number of carbonyl (C=O) groups is 2. The molecule has 7 nitrogen and oxygen atoms in total. The predicted molar refractivity (Wildman–Crippen MR) is 148 cm³/mol. The molecule has 0 saturated heterocycles. The number of nitrogens with one attached hydrogen (secondary N) is 3. The van der Waals surface area contributed by atoms with Gasteiger partial charge in [0.2, 0.25) is 5.91 Å². The van der Waals surface area contributed by atoms with Crippen LogP contribution in [0.1, 0.15) is 25.8 Å². The zero-order valence-electron chi connectivity index (χ0n) is 20.9. The molecule has 2 amide bonds. The molecule has 0 fully saturated rings. The van der Waals surface area contributed by atoms with E-state index in [-0.39, 0.29) is 23.7 Å². The molecule has 37 heavy (non-hydrogen) atoms. The van der Waals surface area contributed by atoms with Crippen LogP contribution in [-0.2, 0) is 16.0 Å². The normalized spacial score (nSPS) is 15.7. The predicted octanol–water partition coefficient (Wildman–Crippen LogP) is 5.98. The molecule has 0 bridgehead atoms. The molecule has 2 atom stereocenters. The molecule has 4 aromatic rings. The van der Waals surface area contributed by atoms with Crippen molar-refractivity contribution in [3.05, 3.63) is 90.1 Å². The maximum atomic E-state index is 12.7. The summed E-state index contributed by atoms with van der Waals surface area (Å²) < 4.78 is 0. The average molecular weight is 492 g/mol. The summed E-state index contributed by atoms with van der Waals surface area (Å²) in [6, 6.07) is 23.2. The number of H-pyrrole nitrogens is 1. The van der Waals surface area contributed by atoms with Gasteiger partial charge in [0.25, 0.3) is 5.91 Å². The van der Waals surface area contributed by atoms with Crippen molar-refractivity contribution in [3.8, 4) is 11.4 Å². The highest BCUT2D eigenvalue weighted by Gasteiger charge is 2.16. The Bertz CT molecular complexity index is 1490. The van der Waals surface area contributed by atoms with Gasteiger partial charge in [0, 0.05) is 40.8 Å². The molecule has 5 rings (SSSR count). The van der Waals surface area contributed by atoms with Crippen molar-refractivity contribution in [2.75, 3.05) is 10.6 Å². The molecule has 2 heterocycles. The molecule has 7 heteroatoms. The molecule has 0 radical (unpaired) electrons. The van der Waals surface area contributed by atoms with Crippen LogP contribution >= 0.6 is 0 Å². The first-order chi connectivity index (χ1) is 17.9. The monoisotopic (exact) mass is 491 g/mol. The number of rotatable bonds is 7. The van der Waals surface area contributed by atoms with Crippen molar-refractivity contribution < 1.29 is 9.59 Å². The maximum absolute atomic E-state index is 12.7. The Labute approximate surface area is 215 Å². The number of imidazole rings is 1. The van der Waals surface area contributed by atoms with E-state index in [9.17, 15) is 9.59 Å². The van der Waals surface area contributed by atoms with Gasteiger partial charge in [-0.15, -0.1) is 0 Å². The number of hydrogen-bond acceptors (Lipinski definition) is 4. The topological polar surface area (TPSA) is 99.2 Å². The van der Waals surface area contributed by atoms with Crippen LogP contribution in [0.3, 0.4) is 0 Å². The number of nitrogens with zero attached hydrogens (tertiary/aromatic N) is 2. The molecule has 1 aromatic heterocycles. The third kappa shape index (κ3) is 5.83. The lowest BCUT2D eigenvalue weighted by atomic mass is 10.0. The number of anilines is 2. The molecule has 2 unspecified atom stereocenters. The van der Waals surface area contributed by atoms with E-state index in [2.05, 4.69) is 25.6 Å². The molecule has 3 N–H and O–H groups in total. The molecule has 0 saturated carbocycles. The Kier molecular flexibility index (Phi) is 6.94. The SMILES string of the molecule is CC1C=NC=C(C(=O)Nc2ccc(-c3nc4ccc(NC(=O)C(C)Cc5ccccc5)cc4[nH]3)cc2)C1. The molecular weight excluding hydrogens is 462 g/mol. The van der Waals surface area contributed by atoms with Crippen molar-refractivity contribution in [3.63, 3.8) is 0 Å². The Balaban J connectivity index is 1.24. The summed E-state index contributed by atoms with van der Waals surface area (Å²) in [5.74, 6) is 0.665. The smallest absolute Gasteiger partial charge is 0.253 e. The highest BCUT2D eigenvalue weighted by molar-refractivity contribution is 6.04. The summed E-state index contributed by atoms with van der Waals surface area (Å²) >= 11 is 0. The third-order valence-corrected chi connectivity index (χ3v) is 6.40. The van der Waals surface area contributed by atoms with Gasteiger partial charge in [-0.3, -0.25) is 14.6 Å². The molecule has 3 aromatic carbocycles. The Morgan fingerprint density at radius 3 is 2.51 bits per heavy atom. The summed E-state index contributed by atoms with van der Waals surface area (Å²) in [5.41, 5.74) is 5.78. The summed E-state index contributed by atoms with van der Waals surface area (Å²) in [7, 11) is 0. The zero-order chi connectivity index (χ0) is 25.8. The van der Waals surface area contributed by atoms with E-state index in [1.165, 1.54) is 0 Å². The number of aromatic amines is 1. The highest BCUT2D eigenvalue weighted by Crippen LogP contribution is 2.25. The number of aromatic nitrogens is 2. The van der Waals surface area contributed by atoms with Crippen molar-refractivity contribution in [2.45, 2.75) is 26.7 Å². The number of benzene rings is 3. The zero-order valence-corrected chi connectivity index (χ0v) is 20.9. The van der Waals surface area contributed by atoms with Gasteiger partial charge in [0.15, 0.2) is 0 Å². The van der Waals surface area contributed by atoms with Crippen LogP contribution in [0.25, 0.3) is 22.4 Å². The van der Waals surface area contributed by atoms with E-state index in [1.54, 1.807) is 6.20 Å². The summed E-state index contributed by atoms with van der Waals surface area (Å²) in [5, 5.41) is 5.95. The van der Waals surface area contributed by atoms with E-state index >= 15 is 0 Å². The second-order valence-electron chi connectivity index (χ2n) is 9.56. The lowest BCUT2D eigenvalue weighted by Gasteiger charge is -2.13. The van der Waals surface area contributed by atoms with E-state index in [4.69, 9.17) is 0 Å². The number of carbonyl (C=O) groups excluding carboxylic acids is 2. The summed E-state index contributed by atoms with van der Waals surface area (Å²) in [6.45, 7) is 3.97. The Morgan fingerprint density at radius 1 is 1.00 bits per heavy atom. The largest absolute Gasteiger partial charge is 0.338 e. The van der Waals surface area contributed by atoms with Crippen molar-refractivity contribution in [1.82, 2.24) is 9.97 Å². The number of fused-ring (bicyclic) bond motifs is 1. The molecule has 1 aliphatic rings. The van der Waals surface area contributed by atoms with Crippen LogP contribution in [-0.4, -0.2) is 28.0 Å². The van der Waals surface area contributed by atoms with Crippen LogP contribution in [0, 0.1) is 11.8 Å². The second kappa shape index (κ2) is 10.6. The molecule has 186 valence electrons. The standard InChI is InChI=1S/C30H29N5O2/c1-19-14-23(18-31-17-19)30(37)32-24-10-8-22(9-11-24)28-34-26-13-12-25(16-27(26)35-28)33-29(36)20(2)15-21-6-4-3-5-7-21/h3-13,16-20H,14-15H2,1-2H3,(H,32,37)(H,33,36)(H,34,35). The summed E-state index contributed by atoms with van der Waals surface area (Å²) in [4.78, 5) is 37.4. The number of hydrogen-bond donors (Lipinski definition) is 3. The van der Waals surface area contributed by atoms with Crippen LogP contribution < -0.4 is 10.6 Å². The van der Waals surface area contributed by atoms with Gasteiger partial charge in [0.1, 0.15) is 5.82 Å². The van der Waals surface area contributed by atoms with E-state index < -0.39 is 0 Å². The van der Waals surface area contributed by atoms with E-state index in [1.807, 2.05) is 92.9 Å². The summed E-state index contributed by atoms with van der Waals surface area (Å²) in [6.07, 6.45) is 4.84. The fourth-order valence-electron chi connectivity index (χ4n) is 4.36. The van der Waals surface area contributed by atoms with Crippen LogP contribution in [0.5, 0.6) is 0 Å². The fraction of sp³-hybridized carbons (Fsp3) is 0.200. The quantitative estimate of drug-likeness (QED) is 0.296. The van der Waals surface area contributed by atoms with Gasteiger partial charge >= 0.3 is 0 Å². The lowest BCUT2D eigenvalue weighted by molar-refractivity contribution is -0.119. The van der Waals surface area contributed by atoms with Gasteiger partial charge in [-0.2, -0.15) is 0 Å². The Morgan fingerprint density at radius 2 is 1.76 bits per heavy atom. The van der Waals surface area contributed by atoms with Crippen LogP contribution in [0.2, 0.25) is 0 Å². The van der Waals surface area contributed by atoms with Gasteiger partial charge in [-0.1, -0.05) is 44.2 Å². The van der Waals surface area contributed by atoms with E-state index in [0.29, 0.717) is 29.9 Å². The minimum Gasteiger partial charge on any atom is -0.338 e. The lowest BCUT2D eigenvalue weighted by Crippen LogP contribution is -2.22. The van der Waals surface area contributed by atoms with Gasteiger partial charge in [-0.25, -0.2) is 4.98 Å². The van der Waals surface area contributed by atoms with Crippen molar-refractivity contribution >= 4 is 40.4 Å². The number of amides is 2. The average Bonchev–Trinajstić information content (AvgIpc) is 3.33. The molecule has 1 aliphatic heterocycles. The molecule has 0 aliphatic carbocycles. The van der Waals surface area contributed by atoms with Crippen molar-refractivity contribution in [2.24, 2.45) is 16.8 Å². The minimum atomic E-state index is -0.153. The highest BCUT2D eigenvalue weighted by atomic mass is 16.2. The maximum Gasteiger partial charge on any atom is 0.253 e. The first kappa shape index (κ1) is 24.2. The van der Waals surface area contributed by atoms with Gasteiger partial charge < -0.3 is 15.6 Å². The first-order valence-electron chi connectivity index (χ1n) is 12.4. The number of aliphatic imine (C=N–C) groups is 1. The third-order valence-electron chi connectivity index (χ3n) is 6.40. The van der Waals surface area contributed by atoms with Crippen LogP contribution in [0.15, 0.2) is 89.6 Å². The van der Waals surface area contributed by atoms with Gasteiger partial charge in [-0.05, 0) is 66.8 Å². The molecule has 0 spiro atoms. The Hall–Kier alpha value is -4.52. The van der Waals surface area contributed by atoms with E-state index in [0.717, 1.165) is 27.8 Å². The first-order valence-corrected chi connectivity index (χ1v) is 12.4. The van der Waals surface area contributed by atoms with Crippen LogP contribution in [0.4, 0.5) is 11.4 Å². The van der Waals surface area contributed by atoms with Crippen molar-refractivity contribution in [1.29, 1.82) is 0 Å². The second-order valence-corrected chi connectivity index (χ2v) is 9.56. The fourth-order valence-corrected chi connectivity index (χ4v) is 4.36. The molecular formula is C30H29N5O2. The van der Waals surface area contributed by atoms with Gasteiger partial charge in [0.05, 0.1) is 11.0 Å².